The number of carbonyl (C=O) groups is 2. The molecule has 0 radical (unpaired) electrons. The first kappa shape index (κ1) is 9.03. The van der Waals surface area contributed by atoms with E-state index in [2.05, 4.69) is 0 Å². The molecule has 1 aliphatic heterocycles. The second-order valence-corrected chi connectivity index (χ2v) is 2.66. The van der Waals surface area contributed by atoms with Gasteiger partial charge in [-0.05, 0) is 13.3 Å². The van der Waals surface area contributed by atoms with E-state index >= 15 is 0 Å². The van der Waals surface area contributed by atoms with Crippen LogP contribution in [0.3, 0.4) is 0 Å². The van der Waals surface area contributed by atoms with Crippen LogP contribution in [0.4, 0.5) is 0 Å². The van der Waals surface area contributed by atoms with Crippen LogP contribution in [-0.2, 0) is 19.1 Å². The SMILES string of the molecule is CCOC(=O)C[C@H]1CCOC1=O. The van der Waals surface area contributed by atoms with Crippen molar-refractivity contribution in [1.29, 1.82) is 0 Å². The lowest BCUT2D eigenvalue weighted by molar-refractivity contribution is -0.149. The van der Waals surface area contributed by atoms with E-state index in [1.807, 2.05) is 0 Å². The van der Waals surface area contributed by atoms with Crippen LogP contribution in [0.25, 0.3) is 0 Å². The molecule has 4 heteroatoms. The standard InChI is InChI=1S/C8H12O4/c1-2-11-7(9)5-6-3-4-12-8(6)10/h6H,2-5H2,1H3/t6-/m1/s1. The first-order chi connectivity index (χ1) is 5.74. The van der Waals surface area contributed by atoms with Gasteiger partial charge in [0, 0.05) is 0 Å². The van der Waals surface area contributed by atoms with Gasteiger partial charge in [0.1, 0.15) is 0 Å². The Kier molecular flexibility index (Phi) is 3.08. The topological polar surface area (TPSA) is 52.6 Å². The molecule has 0 aromatic rings. The van der Waals surface area contributed by atoms with Crippen molar-refractivity contribution < 1.29 is 19.1 Å². The molecule has 1 atom stereocenters. The van der Waals surface area contributed by atoms with Gasteiger partial charge in [-0.25, -0.2) is 0 Å². The lowest BCUT2D eigenvalue weighted by Gasteiger charge is -2.03. The van der Waals surface area contributed by atoms with Gasteiger partial charge in [0.25, 0.3) is 0 Å². The number of cyclic esters (lactones) is 1. The minimum absolute atomic E-state index is 0.159. The van der Waals surface area contributed by atoms with Crippen molar-refractivity contribution in [3.05, 3.63) is 0 Å². The highest BCUT2D eigenvalue weighted by Crippen LogP contribution is 2.18. The summed E-state index contributed by atoms with van der Waals surface area (Å²) >= 11 is 0. The van der Waals surface area contributed by atoms with Crippen LogP contribution in [0.2, 0.25) is 0 Å². The second kappa shape index (κ2) is 4.09. The van der Waals surface area contributed by atoms with Crippen LogP contribution in [0, 0.1) is 5.92 Å². The van der Waals surface area contributed by atoms with Crippen molar-refractivity contribution in [2.24, 2.45) is 5.92 Å². The lowest BCUT2D eigenvalue weighted by Crippen LogP contribution is -2.15. The summed E-state index contributed by atoms with van der Waals surface area (Å²) in [6.45, 7) is 2.54. The molecular formula is C8H12O4. The van der Waals surface area contributed by atoms with Crippen molar-refractivity contribution in [2.45, 2.75) is 19.8 Å². The first-order valence-electron chi connectivity index (χ1n) is 4.06. The molecule has 0 saturated carbocycles. The van der Waals surface area contributed by atoms with Crippen molar-refractivity contribution >= 4 is 11.9 Å². The molecule has 1 saturated heterocycles. The normalized spacial score (nSPS) is 22.1. The van der Waals surface area contributed by atoms with E-state index < -0.39 is 0 Å². The maximum absolute atomic E-state index is 10.9. The number of carbonyl (C=O) groups excluding carboxylic acids is 2. The van der Waals surface area contributed by atoms with Crippen molar-refractivity contribution in [1.82, 2.24) is 0 Å². The third-order valence-electron chi connectivity index (χ3n) is 1.76. The second-order valence-electron chi connectivity index (χ2n) is 2.66. The predicted molar refractivity (Wildman–Crippen MR) is 40.3 cm³/mol. The summed E-state index contributed by atoms with van der Waals surface area (Å²) in [7, 11) is 0. The molecule has 0 amide bonds. The molecular weight excluding hydrogens is 160 g/mol. The summed E-state index contributed by atoms with van der Waals surface area (Å²) in [4.78, 5) is 21.8. The third kappa shape index (κ3) is 2.22. The van der Waals surface area contributed by atoms with Crippen LogP contribution in [0.1, 0.15) is 19.8 Å². The number of hydrogen-bond acceptors (Lipinski definition) is 4. The number of hydrogen-bond donors (Lipinski definition) is 0. The van der Waals surface area contributed by atoms with E-state index in [4.69, 9.17) is 9.47 Å². The Morgan fingerprint density at radius 3 is 3.00 bits per heavy atom. The van der Waals surface area contributed by atoms with E-state index in [1.54, 1.807) is 6.92 Å². The summed E-state index contributed by atoms with van der Waals surface area (Å²) in [6.07, 6.45) is 0.796. The quantitative estimate of drug-likeness (QED) is 0.582. The molecule has 0 aromatic heterocycles. The minimum Gasteiger partial charge on any atom is -0.466 e. The van der Waals surface area contributed by atoms with E-state index in [-0.39, 0.29) is 24.3 Å². The average molecular weight is 172 g/mol. The monoisotopic (exact) mass is 172 g/mol. The molecule has 1 heterocycles. The van der Waals surface area contributed by atoms with Crippen molar-refractivity contribution in [3.8, 4) is 0 Å². The van der Waals surface area contributed by atoms with Gasteiger partial charge in [-0.15, -0.1) is 0 Å². The Hall–Kier alpha value is -1.06. The molecule has 0 N–H and O–H groups in total. The van der Waals surface area contributed by atoms with Gasteiger partial charge in [-0.2, -0.15) is 0 Å². The summed E-state index contributed by atoms with van der Waals surface area (Å²) in [6, 6.07) is 0. The summed E-state index contributed by atoms with van der Waals surface area (Å²) in [5.41, 5.74) is 0. The fourth-order valence-electron chi connectivity index (χ4n) is 1.14. The number of rotatable bonds is 3. The molecule has 1 rings (SSSR count). The molecule has 0 aromatic carbocycles. The molecule has 12 heavy (non-hydrogen) atoms. The van der Waals surface area contributed by atoms with Crippen molar-refractivity contribution in [3.63, 3.8) is 0 Å². The molecule has 0 unspecified atom stereocenters. The largest absolute Gasteiger partial charge is 0.466 e. The zero-order valence-electron chi connectivity index (χ0n) is 7.04. The summed E-state index contributed by atoms with van der Waals surface area (Å²) in [5.74, 6) is -0.867. The lowest BCUT2D eigenvalue weighted by atomic mass is 10.1. The van der Waals surface area contributed by atoms with Crippen LogP contribution in [0.15, 0.2) is 0 Å². The average Bonchev–Trinajstić information content (AvgIpc) is 2.37. The highest BCUT2D eigenvalue weighted by Gasteiger charge is 2.28. The van der Waals surface area contributed by atoms with Gasteiger partial charge in [0.2, 0.25) is 0 Å². The first-order valence-corrected chi connectivity index (χ1v) is 4.06. The van der Waals surface area contributed by atoms with Crippen LogP contribution in [-0.4, -0.2) is 25.2 Å². The Labute approximate surface area is 70.8 Å². The fourth-order valence-corrected chi connectivity index (χ4v) is 1.14. The molecule has 68 valence electrons. The molecule has 4 nitrogen and oxygen atoms in total. The van der Waals surface area contributed by atoms with Crippen LogP contribution in [0.5, 0.6) is 0 Å². The van der Waals surface area contributed by atoms with Crippen LogP contribution >= 0.6 is 0 Å². The molecule has 0 aliphatic carbocycles. The zero-order chi connectivity index (χ0) is 8.97. The molecule has 0 bridgehead atoms. The zero-order valence-corrected chi connectivity index (χ0v) is 7.04. The van der Waals surface area contributed by atoms with E-state index in [0.29, 0.717) is 19.6 Å². The van der Waals surface area contributed by atoms with Gasteiger partial charge in [0.05, 0.1) is 25.6 Å². The summed E-state index contributed by atoms with van der Waals surface area (Å²) < 4.78 is 9.40. The highest BCUT2D eigenvalue weighted by molar-refractivity contribution is 5.80. The van der Waals surface area contributed by atoms with E-state index in [0.717, 1.165) is 0 Å². The maximum atomic E-state index is 10.9. The Morgan fingerprint density at radius 2 is 2.50 bits per heavy atom. The minimum atomic E-state index is -0.318. The Bertz CT molecular complexity index is 187. The Balaban J connectivity index is 2.30. The number of esters is 2. The van der Waals surface area contributed by atoms with Gasteiger partial charge in [-0.1, -0.05) is 0 Å². The summed E-state index contributed by atoms with van der Waals surface area (Å²) in [5, 5.41) is 0. The highest BCUT2D eigenvalue weighted by atomic mass is 16.5. The van der Waals surface area contributed by atoms with E-state index in [9.17, 15) is 9.59 Å². The molecule has 1 aliphatic rings. The van der Waals surface area contributed by atoms with Gasteiger partial charge >= 0.3 is 11.9 Å². The van der Waals surface area contributed by atoms with Gasteiger partial charge in [-0.3, -0.25) is 9.59 Å². The van der Waals surface area contributed by atoms with Gasteiger partial charge in [0.15, 0.2) is 0 Å². The van der Waals surface area contributed by atoms with E-state index in [1.165, 1.54) is 0 Å². The Morgan fingerprint density at radius 1 is 1.75 bits per heavy atom. The van der Waals surface area contributed by atoms with Gasteiger partial charge < -0.3 is 9.47 Å². The van der Waals surface area contributed by atoms with Crippen molar-refractivity contribution in [2.75, 3.05) is 13.2 Å². The van der Waals surface area contributed by atoms with Crippen LogP contribution < -0.4 is 0 Å². The maximum Gasteiger partial charge on any atom is 0.309 e. The molecule has 0 spiro atoms. The number of ether oxygens (including phenoxy) is 2. The fraction of sp³-hybridized carbons (Fsp3) is 0.750. The molecule has 1 fully saturated rings. The third-order valence-corrected chi connectivity index (χ3v) is 1.76. The predicted octanol–water partition coefficient (Wildman–Crippen LogP) is 0.503. The smallest absolute Gasteiger partial charge is 0.309 e.